The molecule has 3 aromatic rings. The highest BCUT2D eigenvalue weighted by Gasteiger charge is 2.12. The molecule has 6 heteroatoms. The number of amides is 1. The van der Waals surface area contributed by atoms with Crippen LogP contribution in [0.1, 0.15) is 24.2 Å². The summed E-state index contributed by atoms with van der Waals surface area (Å²) in [6.07, 6.45) is 3.22. The molecular weight excluding hydrogens is 318 g/mol. The second-order valence-corrected chi connectivity index (χ2v) is 5.24. The summed E-state index contributed by atoms with van der Waals surface area (Å²) < 4.78 is 11.1. The van der Waals surface area contributed by atoms with Crippen LogP contribution in [0.5, 0.6) is 11.5 Å². The Bertz CT molecular complexity index is 896. The van der Waals surface area contributed by atoms with Crippen LogP contribution in [0, 0.1) is 0 Å². The van der Waals surface area contributed by atoms with Crippen LogP contribution in [-0.2, 0) is 0 Å². The summed E-state index contributed by atoms with van der Waals surface area (Å²) in [6, 6.07) is 10.6. The lowest BCUT2D eigenvalue weighted by atomic mass is 10.1. The number of carbonyl (C=O) groups is 1. The van der Waals surface area contributed by atoms with Crippen molar-refractivity contribution in [2.24, 2.45) is 0 Å². The molecule has 2 aromatic carbocycles. The molecule has 6 nitrogen and oxygen atoms in total. The largest absolute Gasteiger partial charge is 0.494 e. The van der Waals surface area contributed by atoms with Gasteiger partial charge in [-0.15, -0.1) is 0 Å². The van der Waals surface area contributed by atoms with E-state index < -0.39 is 0 Å². The Morgan fingerprint density at radius 1 is 0.960 bits per heavy atom. The van der Waals surface area contributed by atoms with Crippen LogP contribution in [0.4, 0.5) is 5.69 Å². The van der Waals surface area contributed by atoms with E-state index in [1.165, 1.54) is 0 Å². The number of fused-ring (bicyclic) bond motifs is 1. The van der Waals surface area contributed by atoms with Gasteiger partial charge in [-0.05, 0) is 44.2 Å². The van der Waals surface area contributed by atoms with Gasteiger partial charge in [-0.25, -0.2) is 0 Å². The monoisotopic (exact) mass is 337 g/mol. The van der Waals surface area contributed by atoms with Gasteiger partial charge in [-0.1, -0.05) is 0 Å². The van der Waals surface area contributed by atoms with Gasteiger partial charge in [0.1, 0.15) is 11.5 Å². The number of hydrogen-bond acceptors (Lipinski definition) is 5. The number of carbonyl (C=O) groups excluding carboxylic acids is 1. The highest BCUT2D eigenvalue weighted by molar-refractivity contribution is 6.06. The van der Waals surface area contributed by atoms with Crippen molar-refractivity contribution in [2.75, 3.05) is 18.5 Å². The lowest BCUT2D eigenvalue weighted by Crippen LogP contribution is -2.13. The molecule has 1 N–H and O–H groups in total. The first kappa shape index (κ1) is 16.7. The fourth-order valence-corrected chi connectivity index (χ4v) is 2.44. The molecule has 1 aromatic heterocycles. The molecule has 0 aliphatic carbocycles. The van der Waals surface area contributed by atoms with Crippen LogP contribution in [-0.4, -0.2) is 29.1 Å². The molecule has 128 valence electrons. The minimum atomic E-state index is -0.248. The van der Waals surface area contributed by atoms with Crippen LogP contribution < -0.4 is 14.8 Å². The maximum Gasteiger partial charge on any atom is 0.255 e. The molecule has 0 fully saturated rings. The third-order valence-corrected chi connectivity index (χ3v) is 3.54. The maximum atomic E-state index is 12.6. The normalized spacial score (nSPS) is 10.5. The molecule has 0 aliphatic heterocycles. The number of rotatable bonds is 6. The van der Waals surface area contributed by atoms with E-state index in [9.17, 15) is 4.79 Å². The fraction of sp³-hybridized carbons (Fsp3) is 0.211. The highest BCUT2D eigenvalue weighted by atomic mass is 16.5. The van der Waals surface area contributed by atoms with E-state index >= 15 is 0 Å². The van der Waals surface area contributed by atoms with Gasteiger partial charge in [0.15, 0.2) is 0 Å². The number of nitrogens with one attached hydrogen (secondary N) is 1. The Labute approximate surface area is 145 Å². The van der Waals surface area contributed by atoms with Crippen molar-refractivity contribution in [3.8, 4) is 11.5 Å². The molecule has 1 amide bonds. The van der Waals surface area contributed by atoms with Crippen LogP contribution in [0.3, 0.4) is 0 Å². The maximum absolute atomic E-state index is 12.6. The van der Waals surface area contributed by atoms with E-state index in [2.05, 4.69) is 15.3 Å². The van der Waals surface area contributed by atoms with Crippen LogP contribution in [0.2, 0.25) is 0 Å². The van der Waals surface area contributed by atoms with E-state index in [-0.39, 0.29) is 5.91 Å². The van der Waals surface area contributed by atoms with E-state index in [0.717, 1.165) is 5.52 Å². The van der Waals surface area contributed by atoms with Gasteiger partial charge in [-0.3, -0.25) is 14.8 Å². The van der Waals surface area contributed by atoms with Crippen molar-refractivity contribution < 1.29 is 14.3 Å². The first-order valence-corrected chi connectivity index (χ1v) is 8.13. The molecule has 0 radical (unpaired) electrons. The third-order valence-electron chi connectivity index (χ3n) is 3.54. The van der Waals surface area contributed by atoms with Crippen molar-refractivity contribution >= 4 is 22.6 Å². The Kier molecular flexibility index (Phi) is 5.09. The van der Waals surface area contributed by atoms with Crippen LogP contribution >= 0.6 is 0 Å². The van der Waals surface area contributed by atoms with Gasteiger partial charge < -0.3 is 14.8 Å². The number of anilines is 1. The molecule has 0 spiro atoms. The molecule has 0 saturated carbocycles. The second kappa shape index (κ2) is 7.61. The zero-order valence-electron chi connectivity index (χ0n) is 14.2. The first-order chi connectivity index (χ1) is 12.2. The Balaban J connectivity index is 1.88. The lowest BCUT2D eigenvalue weighted by molar-refractivity contribution is 0.102. The van der Waals surface area contributed by atoms with Gasteiger partial charge in [0.05, 0.1) is 29.9 Å². The molecule has 1 heterocycles. The third kappa shape index (κ3) is 3.85. The van der Waals surface area contributed by atoms with Crippen molar-refractivity contribution in [3.63, 3.8) is 0 Å². The molecule has 0 unspecified atom stereocenters. The van der Waals surface area contributed by atoms with Crippen molar-refractivity contribution in [3.05, 3.63) is 54.4 Å². The predicted molar refractivity (Wildman–Crippen MR) is 96.3 cm³/mol. The summed E-state index contributed by atoms with van der Waals surface area (Å²) in [5.41, 5.74) is 2.48. The Morgan fingerprint density at radius 3 is 2.48 bits per heavy atom. The minimum Gasteiger partial charge on any atom is -0.494 e. The van der Waals surface area contributed by atoms with Crippen molar-refractivity contribution in [1.82, 2.24) is 9.97 Å². The van der Waals surface area contributed by atoms with Crippen LogP contribution in [0.15, 0.2) is 48.8 Å². The second-order valence-electron chi connectivity index (χ2n) is 5.24. The first-order valence-electron chi connectivity index (χ1n) is 8.13. The summed E-state index contributed by atoms with van der Waals surface area (Å²) in [6.45, 7) is 4.85. The lowest BCUT2D eigenvalue weighted by Gasteiger charge is -2.13. The molecule has 0 saturated heterocycles. The van der Waals surface area contributed by atoms with Gasteiger partial charge >= 0.3 is 0 Å². The predicted octanol–water partition coefficient (Wildman–Crippen LogP) is 3.68. The summed E-state index contributed by atoms with van der Waals surface area (Å²) in [4.78, 5) is 21.1. The highest BCUT2D eigenvalue weighted by Crippen LogP contribution is 2.30. The van der Waals surface area contributed by atoms with Gasteiger partial charge in [-0.2, -0.15) is 0 Å². The average molecular weight is 337 g/mol. The van der Waals surface area contributed by atoms with Gasteiger partial charge in [0, 0.05) is 24.0 Å². The minimum absolute atomic E-state index is 0.248. The molecule has 0 bridgehead atoms. The summed E-state index contributed by atoms with van der Waals surface area (Å²) in [5, 5.41) is 2.88. The molecule has 25 heavy (non-hydrogen) atoms. The zero-order chi connectivity index (χ0) is 17.6. The van der Waals surface area contributed by atoms with E-state index in [1.54, 1.807) is 42.7 Å². The summed E-state index contributed by atoms with van der Waals surface area (Å²) in [7, 11) is 0. The smallest absolute Gasteiger partial charge is 0.255 e. The van der Waals surface area contributed by atoms with Crippen molar-refractivity contribution in [1.29, 1.82) is 0 Å². The fourth-order valence-electron chi connectivity index (χ4n) is 2.44. The van der Waals surface area contributed by atoms with E-state index in [4.69, 9.17) is 9.47 Å². The zero-order valence-corrected chi connectivity index (χ0v) is 14.2. The van der Waals surface area contributed by atoms with E-state index in [0.29, 0.717) is 41.5 Å². The molecule has 0 atom stereocenters. The quantitative estimate of drug-likeness (QED) is 0.743. The SMILES string of the molecule is CCOc1ccc(OCC)c(NC(=O)c2ccc3nccnc3c2)c1. The van der Waals surface area contributed by atoms with Gasteiger partial charge in [0.25, 0.3) is 5.91 Å². The standard InChI is InChI=1S/C19H19N3O3/c1-3-24-14-6-8-18(25-4-2)17(12-14)22-19(23)13-5-7-15-16(11-13)21-10-9-20-15/h5-12H,3-4H2,1-2H3,(H,22,23). The number of benzene rings is 2. The van der Waals surface area contributed by atoms with E-state index in [1.807, 2.05) is 19.9 Å². The number of aromatic nitrogens is 2. The van der Waals surface area contributed by atoms with Crippen molar-refractivity contribution in [2.45, 2.75) is 13.8 Å². The number of hydrogen-bond donors (Lipinski definition) is 1. The Hall–Kier alpha value is -3.15. The summed E-state index contributed by atoms with van der Waals surface area (Å²) >= 11 is 0. The van der Waals surface area contributed by atoms with Crippen LogP contribution in [0.25, 0.3) is 11.0 Å². The summed E-state index contributed by atoms with van der Waals surface area (Å²) in [5.74, 6) is 1.02. The average Bonchev–Trinajstić information content (AvgIpc) is 2.64. The number of nitrogens with zero attached hydrogens (tertiary/aromatic N) is 2. The topological polar surface area (TPSA) is 73.3 Å². The molecule has 3 rings (SSSR count). The Morgan fingerprint density at radius 2 is 1.72 bits per heavy atom. The van der Waals surface area contributed by atoms with Gasteiger partial charge in [0.2, 0.25) is 0 Å². The molecule has 0 aliphatic rings. The number of ether oxygens (including phenoxy) is 2. The molecular formula is C19H19N3O3.